The summed E-state index contributed by atoms with van der Waals surface area (Å²) in [4.78, 5) is 15.2. The quantitative estimate of drug-likeness (QED) is 0.768. The van der Waals surface area contributed by atoms with Gasteiger partial charge in [-0.05, 0) is 58.0 Å². The third-order valence-electron chi connectivity index (χ3n) is 5.31. The molecule has 1 saturated heterocycles. The standard InChI is InChI=1S/C20H27N3O4S/c1-14-11-18(19(24)12-22-9-10-27-13-20(22,3)4)15(2)23(14)16-5-7-17(8-6-16)28(21,25)26/h5-8,11H,9-10,12-13H2,1-4H3,(H2,21,25,26). The fourth-order valence-corrected chi connectivity index (χ4v) is 4.18. The van der Waals surface area contributed by atoms with Crippen molar-refractivity contribution in [1.82, 2.24) is 9.47 Å². The molecule has 7 nitrogen and oxygen atoms in total. The molecule has 1 fully saturated rings. The molecule has 3 rings (SSSR count). The molecular weight excluding hydrogens is 378 g/mol. The first-order valence-electron chi connectivity index (χ1n) is 9.19. The Morgan fingerprint density at radius 3 is 2.43 bits per heavy atom. The molecule has 8 heteroatoms. The largest absolute Gasteiger partial charge is 0.378 e. The molecule has 0 aliphatic carbocycles. The maximum Gasteiger partial charge on any atom is 0.238 e. The first kappa shape index (κ1) is 20.7. The van der Waals surface area contributed by atoms with Gasteiger partial charge in [0.1, 0.15) is 0 Å². The molecule has 0 radical (unpaired) electrons. The Kier molecular flexibility index (Phi) is 5.51. The van der Waals surface area contributed by atoms with Crippen LogP contribution in [0.3, 0.4) is 0 Å². The highest BCUT2D eigenvalue weighted by Gasteiger charge is 2.32. The van der Waals surface area contributed by atoms with Crippen LogP contribution in [0.5, 0.6) is 0 Å². The molecular formula is C20H27N3O4S. The number of aryl methyl sites for hydroxylation is 1. The lowest BCUT2D eigenvalue weighted by Crippen LogP contribution is -2.54. The number of morpholine rings is 1. The van der Waals surface area contributed by atoms with Crippen molar-refractivity contribution in [2.45, 2.75) is 38.1 Å². The number of Topliss-reactive ketones (excluding diaryl/α,β-unsaturated/α-hetero) is 1. The minimum atomic E-state index is -3.74. The van der Waals surface area contributed by atoms with Crippen LogP contribution >= 0.6 is 0 Å². The van der Waals surface area contributed by atoms with Crippen LogP contribution in [-0.2, 0) is 14.8 Å². The van der Waals surface area contributed by atoms with Crippen LogP contribution in [0.15, 0.2) is 35.2 Å². The fraction of sp³-hybridized carbons (Fsp3) is 0.450. The van der Waals surface area contributed by atoms with Crippen LogP contribution in [-0.4, -0.2) is 55.5 Å². The van der Waals surface area contributed by atoms with E-state index in [1.165, 1.54) is 12.1 Å². The number of rotatable bonds is 5. The lowest BCUT2D eigenvalue weighted by Gasteiger charge is -2.41. The number of ketones is 1. The number of primary sulfonamides is 1. The summed E-state index contributed by atoms with van der Waals surface area (Å²) in [7, 11) is -3.74. The van der Waals surface area contributed by atoms with E-state index < -0.39 is 10.0 Å². The summed E-state index contributed by atoms with van der Waals surface area (Å²) in [5.41, 5.74) is 3.02. The van der Waals surface area contributed by atoms with Crippen LogP contribution in [0.4, 0.5) is 0 Å². The number of ether oxygens (including phenoxy) is 1. The van der Waals surface area contributed by atoms with Gasteiger partial charge in [0.2, 0.25) is 10.0 Å². The average molecular weight is 406 g/mol. The molecule has 0 spiro atoms. The topological polar surface area (TPSA) is 94.6 Å². The predicted molar refractivity (Wildman–Crippen MR) is 107 cm³/mol. The molecule has 1 aliphatic rings. The zero-order valence-electron chi connectivity index (χ0n) is 16.7. The molecule has 0 unspecified atom stereocenters. The lowest BCUT2D eigenvalue weighted by molar-refractivity contribution is -0.0467. The summed E-state index contributed by atoms with van der Waals surface area (Å²) in [6.07, 6.45) is 0. The minimum absolute atomic E-state index is 0.0598. The maximum atomic E-state index is 13.0. The smallest absolute Gasteiger partial charge is 0.238 e. The molecule has 2 heterocycles. The molecule has 1 aromatic carbocycles. The van der Waals surface area contributed by atoms with E-state index in [1.54, 1.807) is 12.1 Å². The van der Waals surface area contributed by atoms with Crippen LogP contribution in [0.25, 0.3) is 5.69 Å². The number of nitrogens with two attached hydrogens (primary N) is 1. The molecule has 0 atom stereocenters. The van der Waals surface area contributed by atoms with E-state index in [0.29, 0.717) is 25.3 Å². The number of aromatic nitrogens is 1. The van der Waals surface area contributed by atoms with Gasteiger partial charge in [-0.15, -0.1) is 0 Å². The van der Waals surface area contributed by atoms with Crippen LogP contribution in [0.1, 0.15) is 35.6 Å². The van der Waals surface area contributed by atoms with E-state index in [-0.39, 0.29) is 16.2 Å². The maximum absolute atomic E-state index is 13.0. The molecule has 28 heavy (non-hydrogen) atoms. The van der Waals surface area contributed by atoms with Gasteiger partial charge in [-0.25, -0.2) is 13.6 Å². The van der Waals surface area contributed by atoms with Crippen molar-refractivity contribution in [3.05, 3.63) is 47.3 Å². The van der Waals surface area contributed by atoms with Gasteiger partial charge in [-0.1, -0.05) is 0 Å². The van der Waals surface area contributed by atoms with Gasteiger partial charge in [0.25, 0.3) is 0 Å². The molecule has 152 valence electrons. The lowest BCUT2D eigenvalue weighted by atomic mass is 10.0. The highest BCUT2D eigenvalue weighted by Crippen LogP contribution is 2.24. The average Bonchev–Trinajstić information content (AvgIpc) is 2.90. The summed E-state index contributed by atoms with van der Waals surface area (Å²) in [5, 5.41) is 5.17. The van der Waals surface area contributed by atoms with Gasteiger partial charge in [-0.2, -0.15) is 0 Å². The first-order chi connectivity index (χ1) is 13.0. The van der Waals surface area contributed by atoms with Gasteiger partial charge < -0.3 is 9.30 Å². The van der Waals surface area contributed by atoms with Crippen molar-refractivity contribution < 1.29 is 17.9 Å². The van der Waals surface area contributed by atoms with Gasteiger partial charge in [0.05, 0.1) is 24.7 Å². The van der Waals surface area contributed by atoms with E-state index in [0.717, 1.165) is 23.6 Å². The van der Waals surface area contributed by atoms with E-state index in [1.807, 2.05) is 24.5 Å². The molecule has 1 aromatic heterocycles. The summed E-state index contributed by atoms with van der Waals surface area (Å²) in [6, 6.07) is 8.22. The Morgan fingerprint density at radius 1 is 1.21 bits per heavy atom. The number of sulfonamides is 1. The zero-order valence-corrected chi connectivity index (χ0v) is 17.5. The second kappa shape index (κ2) is 7.44. The van der Waals surface area contributed by atoms with Crippen molar-refractivity contribution in [1.29, 1.82) is 0 Å². The summed E-state index contributed by atoms with van der Waals surface area (Å²) in [6.45, 7) is 10.3. The summed E-state index contributed by atoms with van der Waals surface area (Å²) in [5.74, 6) is 0.0653. The molecule has 0 bridgehead atoms. The number of carbonyl (C=O) groups excluding carboxylic acids is 1. The van der Waals surface area contributed by atoms with E-state index in [9.17, 15) is 13.2 Å². The zero-order chi connectivity index (χ0) is 20.7. The van der Waals surface area contributed by atoms with Gasteiger partial charge in [-0.3, -0.25) is 9.69 Å². The number of carbonyl (C=O) groups is 1. The highest BCUT2D eigenvalue weighted by atomic mass is 32.2. The van der Waals surface area contributed by atoms with Crippen molar-refractivity contribution in [3.8, 4) is 5.69 Å². The molecule has 1 aliphatic heterocycles. The SMILES string of the molecule is Cc1cc(C(=O)CN2CCOCC2(C)C)c(C)n1-c1ccc(S(N)(=O)=O)cc1. The second-order valence-electron chi connectivity index (χ2n) is 7.87. The fourth-order valence-electron chi connectivity index (χ4n) is 3.67. The monoisotopic (exact) mass is 405 g/mol. The van der Waals surface area contributed by atoms with E-state index in [4.69, 9.17) is 9.88 Å². The highest BCUT2D eigenvalue weighted by molar-refractivity contribution is 7.89. The Labute approximate surface area is 166 Å². The second-order valence-corrected chi connectivity index (χ2v) is 9.43. The summed E-state index contributed by atoms with van der Waals surface area (Å²) >= 11 is 0. The number of hydrogen-bond acceptors (Lipinski definition) is 5. The number of benzene rings is 1. The van der Waals surface area contributed by atoms with Crippen LogP contribution in [0.2, 0.25) is 0 Å². The molecule has 2 aromatic rings. The van der Waals surface area contributed by atoms with Gasteiger partial charge >= 0.3 is 0 Å². The van der Waals surface area contributed by atoms with Crippen molar-refractivity contribution in [2.24, 2.45) is 5.14 Å². The normalized spacial score (nSPS) is 17.6. The molecule has 2 N–H and O–H groups in total. The van der Waals surface area contributed by atoms with Crippen molar-refractivity contribution >= 4 is 15.8 Å². The van der Waals surface area contributed by atoms with Gasteiger partial charge in [0.15, 0.2) is 5.78 Å². The Bertz CT molecular complexity index is 991. The Morgan fingerprint density at radius 2 is 1.86 bits per heavy atom. The molecule has 0 amide bonds. The number of hydrogen-bond donors (Lipinski definition) is 1. The molecule has 0 saturated carbocycles. The van der Waals surface area contributed by atoms with Crippen LogP contribution in [0, 0.1) is 13.8 Å². The van der Waals surface area contributed by atoms with Crippen LogP contribution < -0.4 is 5.14 Å². The van der Waals surface area contributed by atoms with E-state index >= 15 is 0 Å². The predicted octanol–water partition coefficient (Wildman–Crippen LogP) is 2.04. The summed E-state index contributed by atoms with van der Waals surface area (Å²) < 4.78 is 30.4. The minimum Gasteiger partial charge on any atom is -0.378 e. The van der Waals surface area contributed by atoms with Crippen molar-refractivity contribution in [3.63, 3.8) is 0 Å². The Balaban J connectivity index is 1.88. The third kappa shape index (κ3) is 4.05. The number of nitrogens with zero attached hydrogens (tertiary/aromatic N) is 2. The third-order valence-corrected chi connectivity index (χ3v) is 6.24. The van der Waals surface area contributed by atoms with E-state index in [2.05, 4.69) is 18.7 Å². The van der Waals surface area contributed by atoms with Gasteiger partial charge in [0, 0.05) is 34.7 Å². The Hall–Kier alpha value is -2.00. The first-order valence-corrected chi connectivity index (χ1v) is 10.7. The van der Waals surface area contributed by atoms with Crippen molar-refractivity contribution in [2.75, 3.05) is 26.3 Å².